The van der Waals surface area contributed by atoms with E-state index in [1.54, 1.807) is 49.6 Å². The molecule has 0 aromatic heterocycles. The van der Waals surface area contributed by atoms with E-state index >= 15 is 0 Å². The van der Waals surface area contributed by atoms with E-state index in [0.717, 1.165) is 11.3 Å². The van der Waals surface area contributed by atoms with Crippen molar-refractivity contribution in [3.05, 3.63) is 88.6 Å². The minimum atomic E-state index is -0.423. The fourth-order valence-electron chi connectivity index (χ4n) is 3.75. The Hall–Kier alpha value is -3.77. The van der Waals surface area contributed by atoms with Crippen LogP contribution in [0.4, 0.5) is 17.1 Å². The monoisotopic (exact) mass is 461 g/mol. The number of carbonyl (C=O) groups excluding carboxylic acids is 2. The highest BCUT2D eigenvalue weighted by molar-refractivity contribution is 6.46. The molecule has 0 spiro atoms. The molecule has 3 aromatic rings. The molecule has 1 N–H and O–H groups in total. The maximum absolute atomic E-state index is 13.6. The number of ether oxygens (including phenoxy) is 1. The van der Waals surface area contributed by atoms with E-state index in [0.29, 0.717) is 33.3 Å². The molecule has 3 aromatic carbocycles. The number of rotatable bonds is 6. The molecule has 7 heteroatoms. The number of halogens is 1. The van der Waals surface area contributed by atoms with Gasteiger partial charge in [-0.3, -0.25) is 9.59 Å². The van der Waals surface area contributed by atoms with Crippen LogP contribution in [0.25, 0.3) is 5.57 Å². The molecule has 1 heterocycles. The van der Waals surface area contributed by atoms with Gasteiger partial charge in [-0.25, -0.2) is 4.90 Å². The lowest BCUT2D eigenvalue weighted by molar-refractivity contribution is -0.120. The van der Waals surface area contributed by atoms with Crippen molar-refractivity contribution < 1.29 is 14.3 Å². The number of benzene rings is 3. The van der Waals surface area contributed by atoms with E-state index in [4.69, 9.17) is 16.3 Å². The summed E-state index contributed by atoms with van der Waals surface area (Å²) < 4.78 is 5.24. The Morgan fingerprint density at radius 2 is 1.58 bits per heavy atom. The van der Waals surface area contributed by atoms with Gasteiger partial charge in [-0.05, 0) is 72.6 Å². The largest absolute Gasteiger partial charge is 0.497 e. The molecular weight excluding hydrogens is 438 g/mol. The summed E-state index contributed by atoms with van der Waals surface area (Å²) in [5.74, 6) is -0.161. The second-order valence-electron chi connectivity index (χ2n) is 7.92. The topological polar surface area (TPSA) is 61.9 Å². The number of carbonyl (C=O) groups is 2. The molecule has 168 valence electrons. The quantitative estimate of drug-likeness (QED) is 0.516. The van der Waals surface area contributed by atoms with Crippen LogP contribution in [0.5, 0.6) is 5.75 Å². The zero-order chi connectivity index (χ0) is 23.7. The molecule has 0 radical (unpaired) electrons. The SMILES string of the molecule is COc1ccc(C2=C(Nc3ccc(N(C)C)cc3)C(=O)N(c3ccc(Cl)cc3C)C2=O)cc1. The normalized spacial score (nSPS) is 13.5. The van der Waals surface area contributed by atoms with Crippen molar-refractivity contribution in [1.29, 1.82) is 0 Å². The fraction of sp³-hybridized carbons (Fsp3) is 0.154. The number of nitrogens with zero attached hydrogens (tertiary/aromatic N) is 2. The maximum atomic E-state index is 13.6. The first-order valence-electron chi connectivity index (χ1n) is 10.4. The van der Waals surface area contributed by atoms with Gasteiger partial charge in [0.15, 0.2) is 0 Å². The van der Waals surface area contributed by atoms with Crippen LogP contribution in [-0.4, -0.2) is 33.0 Å². The Bertz CT molecular complexity index is 1250. The van der Waals surface area contributed by atoms with Crippen molar-refractivity contribution in [1.82, 2.24) is 0 Å². The number of amides is 2. The van der Waals surface area contributed by atoms with E-state index in [-0.39, 0.29) is 5.70 Å². The van der Waals surface area contributed by atoms with Crippen LogP contribution in [0, 0.1) is 6.92 Å². The van der Waals surface area contributed by atoms with E-state index in [1.165, 1.54) is 4.90 Å². The Labute approximate surface area is 198 Å². The molecule has 6 nitrogen and oxygen atoms in total. The average molecular weight is 462 g/mol. The molecule has 0 saturated carbocycles. The molecule has 0 saturated heterocycles. The highest BCUT2D eigenvalue weighted by Gasteiger charge is 2.40. The van der Waals surface area contributed by atoms with Gasteiger partial charge in [0, 0.05) is 30.5 Å². The molecular formula is C26H24ClN3O3. The van der Waals surface area contributed by atoms with Crippen LogP contribution >= 0.6 is 11.6 Å². The van der Waals surface area contributed by atoms with Crippen LogP contribution < -0.4 is 19.9 Å². The zero-order valence-electron chi connectivity index (χ0n) is 18.8. The lowest BCUT2D eigenvalue weighted by Gasteiger charge is -2.18. The van der Waals surface area contributed by atoms with E-state index in [9.17, 15) is 9.59 Å². The molecule has 0 aliphatic carbocycles. The summed E-state index contributed by atoms with van der Waals surface area (Å²) in [7, 11) is 5.49. The number of hydrogen-bond acceptors (Lipinski definition) is 5. The predicted molar refractivity (Wildman–Crippen MR) is 133 cm³/mol. The average Bonchev–Trinajstić information content (AvgIpc) is 3.04. The molecule has 33 heavy (non-hydrogen) atoms. The van der Waals surface area contributed by atoms with Crippen molar-refractivity contribution in [2.24, 2.45) is 0 Å². The van der Waals surface area contributed by atoms with E-state index in [2.05, 4.69) is 5.32 Å². The lowest BCUT2D eigenvalue weighted by atomic mass is 10.0. The molecule has 0 bridgehead atoms. The number of nitrogens with one attached hydrogen (secondary N) is 1. The first-order chi connectivity index (χ1) is 15.8. The molecule has 0 unspecified atom stereocenters. The summed E-state index contributed by atoms with van der Waals surface area (Å²) in [5, 5.41) is 3.73. The van der Waals surface area contributed by atoms with Crippen LogP contribution in [0.1, 0.15) is 11.1 Å². The number of imide groups is 1. The van der Waals surface area contributed by atoms with E-state index in [1.807, 2.05) is 50.2 Å². The highest BCUT2D eigenvalue weighted by atomic mass is 35.5. The van der Waals surface area contributed by atoms with Gasteiger partial charge in [0.25, 0.3) is 11.8 Å². The smallest absolute Gasteiger partial charge is 0.282 e. The van der Waals surface area contributed by atoms with Crippen molar-refractivity contribution >= 4 is 46.1 Å². The first kappa shape index (κ1) is 22.4. The highest BCUT2D eigenvalue weighted by Crippen LogP contribution is 2.36. The van der Waals surface area contributed by atoms with Crippen molar-refractivity contribution in [3.8, 4) is 5.75 Å². The van der Waals surface area contributed by atoms with Crippen LogP contribution in [0.15, 0.2) is 72.4 Å². The van der Waals surface area contributed by atoms with Gasteiger partial charge in [0.2, 0.25) is 0 Å². The molecule has 1 aliphatic rings. The van der Waals surface area contributed by atoms with Crippen LogP contribution in [0.2, 0.25) is 5.02 Å². The van der Waals surface area contributed by atoms with Gasteiger partial charge in [-0.1, -0.05) is 23.7 Å². The van der Waals surface area contributed by atoms with Gasteiger partial charge in [0.1, 0.15) is 11.4 Å². The standard InChI is InChI=1S/C26H24ClN3O3/c1-16-15-18(27)7-14-22(16)30-25(31)23(17-5-12-21(33-4)13-6-17)24(26(30)32)28-19-8-10-20(11-9-19)29(2)3/h5-15,28H,1-4H3. The third-order valence-corrected chi connectivity index (χ3v) is 5.75. The van der Waals surface area contributed by atoms with Crippen molar-refractivity contribution in [2.45, 2.75) is 6.92 Å². The summed E-state index contributed by atoms with van der Waals surface area (Å²) >= 11 is 6.09. The Kier molecular flexibility index (Phi) is 6.11. The number of anilines is 3. The summed E-state index contributed by atoms with van der Waals surface area (Å²) in [4.78, 5) is 30.3. The van der Waals surface area contributed by atoms with Gasteiger partial charge in [0.05, 0.1) is 18.4 Å². The minimum absolute atomic E-state index is 0.220. The third kappa shape index (κ3) is 4.30. The van der Waals surface area contributed by atoms with Crippen LogP contribution in [-0.2, 0) is 9.59 Å². The van der Waals surface area contributed by atoms with Gasteiger partial charge in [-0.2, -0.15) is 0 Å². The molecule has 0 fully saturated rings. The van der Waals surface area contributed by atoms with Gasteiger partial charge < -0.3 is 15.0 Å². The second-order valence-corrected chi connectivity index (χ2v) is 8.36. The van der Waals surface area contributed by atoms with Gasteiger partial charge >= 0.3 is 0 Å². The second kappa shape index (κ2) is 9.00. The Morgan fingerprint density at radius 3 is 2.15 bits per heavy atom. The number of aryl methyl sites for hydroxylation is 1. The van der Waals surface area contributed by atoms with Crippen molar-refractivity contribution in [2.75, 3.05) is 36.3 Å². The lowest BCUT2D eigenvalue weighted by Crippen LogP contribution is -2.33. The van der Waals surface area contributed by atoms with E-state index < -0.39 is 11.8 Å². The maximum Gasteiger partial charge on any atom is 0.282 e. The van der Waals surface area contributed by atoms with Crippen molar-refractivity contribution in [3.63, 3.8) is 0 Å². The number of hydrogen-bond donors (Lipinski definition) is 1. The third-order valence-electron chi connectivity index (χ3n) is 5.52. The first-order valence-corrected chi connectivity index (χ1v) is 10.8. The molecule has 1 aliphatic heterocycles. The molecule has 2 amide bonds. The van der Waals surface area contributed by atoms with Gasteiger partial charge in [-0.15, -0.1) is 0 Å². The molecule has 4 rings (SSSR count). The summed E-state index contributed by atoms with van der Waals surface area (Å²) in [6.07, 6.45) is 0. The Morgan fingerprint density at radius 1 is 0.909 bits per heavy atom. The number of methoxy groups -OCH3 is 1. The molecule has 0 atom stereocenters. The summed E-state index contributed by atoms with van der Waals surface area (Å²) in [6.45, 7) is 1.82. The fourth-order valence-corrected chi connectivity index (χ4v) is 3.97. The summed E-state index contributed by atoms with van der Waals surface area (Å²) in [6, 6.07) is 19.8. The zero-order valence-corrected chi connectivity index (χ0v) is 19.6. The van der Waals surface area contributed by atoms with Crippen LogP contribution in [0.3, 0.4) is 0 Å². The Balaban J connectivity index is 1.79. The minimum Gasteiger partial charge on any atom is -0.497 e. The summed E-state index contributed by atoms with van der Waals surface area (Å²) in [5.41, 5.74) is 4.10. The predicted octanol–water partition coefficient (Wildman–Crippen LogP) is 5.12.